The first-order valence-electron chi connectivity index (χ1n) is 10.1. The first-order chi connectivity index (χ1) is 14.2. The molecular weight excluding hydrogens is 382 g/mol. The van der Waals surface area contributed by atoms with E-state index in [0.29, 0.717) is 5.69 Å². The number of carbonyl (C=O) groups excluding carboxylic acids is 1. The van der Waals surface area contributed by atoms with E-state index in [1.807, 2.05) is 19.2 Å². The third-order valence-electron chi connectivity index (χ3n) is 6.83. The summed E-state index contributed by atoms with van der Waals surface area (Å²) in [6, 6.07) is 11.6. The molecule has 1 saturated heterocycles. The first-order valence-corrected chi connectivity index (χ1v) is 10.1. The van der Waals surface area contributed by atoms with E-state index in [1.165, 1.54) is 17.7 Å². The van der Waals surface area contributed by atoms with Gasteiger partial charge in [0.1, 0.15) is 5.75 Å². The van der Waals surface area contributed by atoms with Gasteiger partial charge in [0.05, 0.1) is 11.6 Å². The Hall–Kier alpha value is -3.06. The number of nitrogens with one attached hydrogen (secondary N) is 1. The van der Waals surface area contributed by atoms with Crippen molar-refractivity contribution in [3.05, 3.63) is 59.2 Å². The van der Waals surface area contributed by atoms with E-state index in [-0.39, 0.29) is 34.8 Å². The van der Waals surface area contributed by atoms with Gasteiger partial charge in [-0.1, -0.05) is 13.0 Å². The van der Waals surface area contributed by atoms with Crippen LogP contribution < -0.4 is 5.32 Å². The topological polar surface area (TPSA) is 93.1 Å². The van der Waals surface area contributed by atoms with Crippen molar-refractivity contribution in [1.29, 1.82) is 0 Å². The van der Waals surface area contributed by atoms with Crippen LogP contribution >= 0.6 is 0 Å². The lowest BCUT2D eigenvalue weighted by Crippen LogP contribution is -2.67. The molecule has 1 aliphatic heterocycles. The number of hydrogen-bond acceptors (Lipinski definition) is 4. The molecule has 3 atom stereocenters. The third-order valence-corrected chi connectivity index (χ3v) is 6.83. The average molecular weight is 409 g/mol. The van der Waals surface area contributed by atoms with Gasteiger partial charge in [-0.2, -0.15) is 0 Å². The second-order valence-electron chi connectivity index (χ2n) is 8.63. The van der Waals surface area contributed by atoms with E-state index in [2.05, 4.69) is 24.2 Å². The number of benzene rings is 2. The van der Waals surface area contributed by atoms with Gasteiger partial charge in [-0.15, -0.1) is 0 Å². The van der Waals surface area contributed by atoms with E-state index < -0.39 is 5.97 Å². The molecule has 30 heavy (non-hydrogen) atoms. The summed E-state index contributed by atoms with van der Waals surface area (Å²) in [7, 11) is 3.91. The average Bonchev–Trinajstić information content (AvgIpc) is 2.71. The lowest BCUT2D eigenvalue weighted by atomic mass is 9.61. The summed E-state index contributed by atoms with van der Waals surface area (Å²) in [5, 5.41) is 22.0. The molecule has 7 heteroatoms. The Morgan fingerprint density at radius 2 is 1.90 bits per heavy atom. The molecule has 7 nitrogen and oxygen atoms in total. The highest BCUT2D eigenvalue weighted by Gasteiger charge is 2.52. The summed E-state index contributed by atoms with van der Waals surface area (Å²) >= 11 is 0. The predicted molar refractivity (Wildman–Crippen MR) is 114 cm³/mol. The third kappa shape index (κ3) is 3.29. The van der Waals surface area contributed by atoms with Gasteiger partial charge >= 0.3 is 12.0 Å². The summed E-state index contributed by atoms with van der Waals surface area (Å²) in [6.07, 6.45) is 1.70. The summed E-state index contributed by atoms with van der Waals surface area (Å²) in [5.74, 6) is -0.755. The predicted octanol–water partition coefficient (Wildman–Crippen LogP) is 3.14. The Morgan fingerprint density at radius 1 is 1.20 bits per heavy atom. The summed E-state index contributed by atoms with van der Waals surface area (Å²) in [6.45, 7) is 3.11. The largest absolute Gasteiger partial charge is 0.508 e. The zero-order valence-corrected chi connectivity index (χ0v) is 17.4. The number of hydrogen-bond donors (Lipinski definition) is 3. The molecule has 2 amide bonds. The van der Waals surface area contributed by atoms with Crippen LogP contribution in [0.5, 0.6) is 5.75 Å². The van der Waals surface area contributed by atoms with Crippen molar-refractivity contribution in [2.75, 3.05) is 26.0 Å². The molecule has 158 valence electrons. The van der Waals surface area contributed by atoms with Crippen molar-refractivity contribution in [2.45, 2.75) is 37.3 Å². The molecule has 0 spiro atoms. The summed E-state index contributed by atoms with van der Waals surface area (Å²) in [4.78, 5) is 28.2. The van der Waals surface area contributed by atoms with Crippen LogP contribution in [-0.4, -0.2) is 64.7 Å². The monoisotopic (exact) mass is 409 g/mol. The second-order valence-corrected chi connectivity index (χ2v) is 8.63. The Labute approximate surface area is 175 Å². The Kier molecular flexibility index (Phi) is 4.94. The minimum Gasteiger partial charge on any atom is -0.508 e. The molecule has 0 unspecified atom stereocenters. The standard InChI is InChI=1S/C23H27N3O4/c1-23-10-11-25(2)19(12-15-6-9-17(27)13-18(15)23)20(23)26(3)22(30)24-16-7-4-14(5-8-16)21(28)29/h4-9,13,19-20,27H,10-12H2,1-3H3,(H,24,30)(H,28,29)/t19-,20-,23+/m1/s1. The first kappa shape index (κ1) is 20.2. The van der Waals surface area contributed by atoms with Crippen molar-refractivity contribution in [1.82, 2.24) is 9.80 Å². The number of likely N-dealkylation sites (N-methyl/N-ethyl adjacent to an activating group) is 2. The quantitative estimate of drug-likeness (QED) is 0.724. The van der Waals surface area contributed by atoms with Gasteiger partial charge < -0.3 is 25.3 Å². The number of anilines is 1. The number of phenols is 1. The number of carbonyl (C=O) groups is 2. The SMILES string of the molecule is CN1CC[C@@]2(C)c3cc(O)ccc3C[C@@H]1[C@H]2N(C)C(=O)Nc1ccc(C(=O)O)cc1. The number of phenolic OH excluding ortho intramolecular Hbond substituents is 1. The van der Waals surface area contributed by atoms with Crippen LogP contribution in [0.2, 0.25) is 0 Å². The molecule has 0 saturated carbocycles. The Balaban J connectivity index is 1.63. The zero-order chi connectivity index (χ0) is 21.6. The number of piperidine rings is 1. The number of aromatic hydroxyl groups is 1. The van der Waals surface area contributed by atoms with Gasteiger partial charge in [-0.25, -0.2) is 9.59 Å². The molecule has 2 aliphatic rings. The highest BCUT2D eigenvalue weighted by atomic mass is 16.4. The van der Waals surface area contributed by atoms with Crippen LogP contribution in [0.15, 0.2) is 42.5 Å². The maximum Gasteiger partial charge on any atom is 0.335 e. The van der Waals surface area contributed by atoms with Gasteiger partial charge in [-0.05, 0) is 74.0 Å². The van der Waals surface area contributed by atoms with Gasteiger partial charge in [0.2, 0.25) is 0 Å². The smallest absolute Gasteiger partial charge is 0.335 e. The molecule has 0 radical (unpaired) electrons. The highest BCUT2D eigenvalue weighted by Crippen LogP contribution is 2.47. The van der Waals surface area contributed by atoms with E-state index >= 15 is 0 Å². The van der Waals surface area contributed by atoms with Gasteiger partial charge in [-0.3, -0.25) is 0 Å². The van der Waals surface area contributed by atoms with Crippen molar-refractivity contribution in [3.63, 3.8) is 0 Å². The number of amides is 2. The van der Waals surface area contributed by atoms with Crippen LogP contribution in [0.3, 0.4) is 0 Å². The lowest BCUT2D eigenvalue weighted by molar-refractivity contribution is 0.0213. The highest BCUT2D eigenvalue weighted by molar-refractivity contribution is 5.91. The minimum atomic E-state index is -1.00. The van der Waals surface area contributed by atoms with Crippen LogP contribution in [-0.2, 0) is 11.8 Å². The molecule has 1 heterocycles. The number of urea groups is 1. The van der Waals surface area contributed by atoms with Crippen LogP contribution in [0.4, 0.5) is 10.5 Å². The van der Waals surface area contributed by atoms with Gasteiger partial charge in [0, 0.05) is 24.2 Å². The maximum absolute atomic E-state index is 13.1. The molecule has 0 aromatic heterocycles. The number of fused-ring (bicyclic) bond motifs is 4. The van der Waals surface area contributed by atoms with Crippen LogP contribution in [0.1, 0.15) is 34.8 Å². The fraction of sp³-hybridized carbons (Fsp3) is 0.391. The molecule has 1 aliphatic carbocycles. The normalized spacial score (nSPS) is 25.3. The van der Waals surface area contributed by atoms with Gasteiger partial charge in [0.15, 0.2) is 0 Å². The molecule has 4 rings (SSSR count). The Bertz CT molecular complexity index is 990. The molecule has 2 aromatic carbocycles. The molecule has 2 aromatic rings. The van der Waals surface area contributed by atoms with E-state index in [4.69, 9.17) is 5.11 Å². The number of rotatable bonds is 3. The molecule has 3 N–H and O–H groups in total. The van der Waals surface area contributed by atoms with Crippen molar-refractivity contribution < 1.29 is 19.8 Å². The summed E-state index contributed by atoms with van der Waals surface area (Å²) < 4.78 is 0. The lowest BCUT2D eigenvalue weighted by Gasteiger charge is -2.57. The maximum atomic E-state index is 13.1. The van der Waals surface area contributed by atoms with Crippen molar-refractivity contribution in [3.8, 4) is 5.75 Å². The van der Waals surface area contributed by atoms with Crippen molar-refractivity contribution >= 4 is 17.7 Å². The van der Waals surface area contributed by atoms with E-state index in [9.17, 15) is 14.7 Å². The number of nitrogens with zero attached hydrogens (tertiary/aromatic N) is 2. The second kappa shape index (κ2) is 7.32. The minimum absolute atomic E-state index is 0.0659. The van der Waals surface area contributed by atoms with Crippen LogP contribution in [0.25, 0.3) is 0 Å². The number of carboxylic acid groups (broad SMARTS) is 1. The van der Waals surface area contributed by atoms with E-state index in [1.54, 1.807) is 23.1 Å². The fourth-order valence-electron chi connectivity index (χ4n) is 5.17. The summed E-state index contributed by atoms with van der Waals surface area (Å²) in [5.41, 5.74) is 2.79. The fourth-order valence-corrected chi connectivity index (χ4v) is 5.17. The number of likely N-dealkylation sites (tertiary alicyclic amines) is 1. The van der Waals surface area contributed by atoms with Gasteiger partial charge in [0.25, 0.3) is 0 Å². The molecular formula is C23H27N3O4. The molecule has 2 bridgehead atoms. The van der Waals surface area contributed by atoms with Crippen molar-refractivity contribution in [2.24, 2.45) is 0 Å². The number of aromatic carboxylic acids is 1. The molecule has 1 fully saturated rings. The van der Waals surface area contributed by atoms with E-state index in [0.717, 1.165) is 24.9 Å². The zero-order valence-electron chi connectivity index (χ0n) is 17.4. The van der Waals surface area contributed by atoms with Crippen LogP contribution in [0, 0.1) is 0 Å². The Morgan fingerprint density at radius 3 is 2.57 bits per heavy atom. The number of carboxylic acids is 1.